The van der Waals surface area contributed by atoms with E-state index >= 15 is 0 Å². The van der Waals surface area contributed by atoms with Gasteiger partial charge in [-0.15, -0.1) is 0 Å². The molecule has 31 heavy (non-hydrogen) atoms. The number of rotatable bonds is 8. The molecule has 1 amide bonds. The summed E-state index contributed by atoms with van der Waals surface area (Å²) in [6.07, 6.45) is 1.88. The van der Waals surface area contributed by atoms with E-state index in [-0.39, 0.29) is 12.7 Å². The summed E-state index contributed by atoms with van der Waals surface area (Å²) in [5, 5.41) is 0.685. The van der Waals surface area contributed by atoms with Crippen molar-refractivity contribution < 1.29 is 14.3 Å². The maximum atomic E-state index is 13.5. The predicted octanol–water partition coefficient (Wildman–Crippen LogP) is 5.52. The average molecular weight is 442 g/mol. The molecule has 6 nitrogen and oxygen atoms in total. The van der Waals surface area contributed by atoms with Crippen LogP contribution < -0.4 is 9.47 Å². The lowest BCUT2D eigenvalue weighted by atomic mass is 10.1. The zero-order chi connectivity index (χ0) is 22.0. The first-order valence-corrected chi connectivity index (χ1v) is 11.2. The fourth-order valence-electron chi connectivity index (χ4n) is 3.79. The van der Waals surface area contributed by atoms with E-state index in [0.29, 0.717) is 41.1 Å². The van der Waals surface area contributed by atoms with Crippen molar-refractivity contribution in [2.45, 2.75) is 46.7 Å². The minimum Gasteiger partial charge on any atom is -0.454 e. The molecule has 4 rings (SSSR count). The molecule has 0 N–H and O–H groups in total. The molecular weight excluding hydrogens is 414 g/mol. The summed E-state index contributed by atoms with van der Waals surface area (Å²) in [6, 6.07) is 11.1. The molecule has 0 spiro atoms. The number of ether oxygens (including phenoxy) is 2. The van der Waals surface area contributed by atoms with E-state index < -0.39 is 0 Å². The number of amides is 1. The van der Waals surface area contributed by atoms with Crippen LogP contribution >= 0.6 is 11.6 Å². The van der Waals surface area contributed by atoms with Crippen LogP contribution in [0.1, 0.15) is 49.8 Å². The third kappa shape index (κ3) is 4.64. The van der Waals surface area contributed by atoms with Gasteiger partial charge in [0.1, 0.15) is 5.82 Å². The maximum absolute atomic E-state index is 13.5. The van der Waals surface area contributed by atoms with E-state index in [0.717, 1.165) is 36.2 Å². The smallest absolute Gasteiger partial charge is 0.254 e. The average Bonchev–Trinajstić information content (AvgIpc) is 3.35. The summed E-state index contributed by atoms with van der Waals surface area (Å²) >= 11 is 6.24. The number of nitrogens with zero attached hydrogens (tertiary/aromatic N) is 3. The standard InChI is InChI=1S/C24H28ClN3O3/c1-4-10-28-20-13-18(25)6-7-19(20)26-23(28)14-27(11-9-16(2)3)24(29)17-5-8-21-22(12-17)31-15-30-21/h5-8,12-13,16H,4,9-11,14-15H2,1-3H3. The first-order chi connectivity index (χ1) is 15.0. The number of halogens is 1. The third-order valence-electron chi connectivity index (χ3n) is 5.45. The second-order valence-electron chi connectivity index (χ2n) is 8.29. The summed E-state index contributed by atoms with van der Waals surface area (Å²) in [4.78, 5) is 20.2. The van der Waals surface area contributed by atoms with Crippen LogP contribution in [0.4, 0.5) is 0 Å². The van der Waals surface area contributed by atoms with Gasteiger partial charge in [0.15, 0.2) is 11.5 Å². The summed E-state index contributed by atoms with van der Waals surface area (Å²) in [5.41, 5.74) is 2.49. The van der Waals surface area contributed by atoms with Gasteiger partial charge in [0.2, 0.25) is 6.79 Å². The highest BCUT2D eigenvalue weighted by Crippen LogP contribution is 2.33. The second-order valence-corrected chi connectivity index (χ2v) is 8.73. The molecule has 1 aromatic heterocycles. The van der Waals surface area contributed by atoms with Gasteiger partial charge < -0.3 is 18.9 Å². The van der Waals surface area contributed by atoms with Gasteiger partial charge in [-0.1, -0.05) is 32.4 Å². The monoisotopic (exact) mass is 441 g/mol. The number of carbonyl (C=O) groups is 1. The van der Waals surface area contributed by atoms with Crippen molar-refractivity contribution in [2.75, 3.05) is 13.3 Å². The van der Waals surface area contributed by atoms with Crippen molar-refractivity contribution in [2.24, 2.45) is 5.92 Å². The molecule has 1 aliphatic heterocycles. The third-order valence-corrected chi connectivity index (χ3v) is 5.69. The van der Waals surface area contributed by atoms with E-state index in [4.69, 9.17) is 26.1 Å². The molecule has 0 radical (unpaired) electrons. The normalized spacial score (nSPS) is 12.7. The zero-order valence-electron chi connectivity index (χ0n) is 18.2. The lowest BCUT2D eigenvalue weighted by Crippen LogP contribution is -2.33. The van der Waals surface area contributed by atoms with Crippen LogP contribution in [0.25, 0.3) is 11.0 Å². The highest BCUT2D eigenvalue weighted by molar-refractivity contribution is 6.31. The van der Waals surface area contributed by atoms with E-state index in [2.05, 4.69) is 25.3 Å². The quantitative estimate of drug-likeness (QED) is 0.462. The lowest BCUT2D eigenvalue weighted by molar-refractivity contribution is 0.0729. The van der Waals surface area contributed by atoms with Crippen LogP contribution in [-0.2, 0) is 13.1 Å². The first-order valence-electron chi connectivity index (χ1n) is 10.8. The number of aromatic nitrogens is 2. The Bertz CT molecular complexity index is 1090. The van der Waals surface area contributed by atoms with Gasteiger partial charge in [-0.05, 0) is 55.2 Å². The number of imidazole rings is 1. The molecule has 0 saturated carbocycles. The van der Waals surface area contributed by atoms with Crippen molar-refractivity contribution in [1.29, 1.82) is 0 Å². The number of aryl methyl sites for hydroxylation is 1. The molecule has 0 aliphatic carbocycles. The van der Waals surface area contributed by atoms with Gasteiger partial charge in [0.05, 0.1) is 17.6 Å². The van der Waals surface area contributed by atoms with Crippen molar-refractivity contribution >= 4 is 28.5 Å². The molecule has 2 heterocycles. The Kier molecular flexibility index (Phi) is 6.37. The molecule has 164 valence electrons. The highest BCUT2D eigenvalue weighted by Gasteiger charge is 2.23. The van der Waals surface area contributed by atoms with Gasteiger partial charge in [-0.2, -0.15) is 0 Å². The van der Waals surface area contributed by atoms with Gasteiger partial charge in [0.25, 0.3) is 5.91 Å². The number of benzene rings is 2. The lowest BCUT2D eigenvalue weighted by Gasteiger charge is -2.24. The van der Waals surface area contributed by atoms with Crippen molar-refractivity contribution in [3.8, 4) is 11.5 Å². The molecule has 0 unspecified atom stereocenters. The number of hydrogen-bond acceptors (Lipinski definition) is 4. The summed E-state index contributed by atoms with van der Waals surface area (Å²) in [5.74, 6) is 2.61. The van der Waals surface area contributed by atoms with Crippen LogP contribution in [0, 0.1) is 5.92 Å². The van der Waals surface area contributed by atoms with Gasteiger partial charge in [-0.3, -0.25) is 4.79 Å². The fraction of sp³-hybridized carbons (Fsp3) is 0.417. The van der Waals surface area contributed by atoms with Gasteiger partial charge in [-0.25, -0.2) is 4.98 Å². The van der Waals surface area contributed by atoms with E-state index in [1.165, 1.54) is 0 Å². The minimum absolute atomic E-state index is 0.0351. The largest absolute Gasteiger partial charge is 0.454 e. The van der Waals surface area contributed by atoms with Crippen LogP contribution in [0.2, 0.25) is 5.02 Å². The van der Waals surface area contributed by atoms with Crippen LogP contribution in [0.5, 0.6) is 11.5 Å². The fourth-order valence-corrected chi connectivity index (χ4v) is 3.96. The van der Waals surface area contributed by atoms with Crippen LogP contribution in [0.3, 0.4) is 0 Å². The Hall–Kier alpha value is -2.73. The molecule has 1 aliphatic rings. The molecule has 0 bridgehead atoms. The van der Waals surface area contributed by atoms with E-state index in [1.54, 1.807) is 18.2 Å². The van der Waals surface area contributed by atoms with Crippen LogP contribution in [0.15, 0.2) is 36.4 Å². The SMILES string of the molecule is CCCn1c(CN(CCC(C)C)C(=O)c2ccc3c(c2)OCO3)nc2ccc(Cl)cc21. The molecule has 0 saturated heterocycles. The molecule has 7 heteroatoms. The van der Waals surface area contributed by atoms with Gasteiger partial charge >= 0.3 is 0 Å². The van der Waals surface area contributed by atoms with Crippen molar-refractivity contribution in [1.82, 2.24) is 14.5 Å². The molecule has 2 aromatic carbocycles. The molecule has 0 fully saturated rings. The number of hydrogen-bond donors (Lipinski definition) is 0. The molecule has 3 aromatic rings. The number of fused-ring (bicyclic) bond motifs is 2. The number of carbonyl (C=O) groups excluding carboxylic acids is 1. The van der Waals surface area contributed by atoms with E-state index in [9.17, 15) is 4.79 Å². The first kappa shape index (κ1) is 21.5. The summed E-state index contributed by atoms with van der Waals surface area (Å²) in [6.45, 7) is 8.56. The molecular formula is C24H28ClN3O3. The van der Waals surface area contributed by atoms with Crippen LogP contribution in [-0.4, -0.2) is 33.7 Å². The Labute approximate surface area is 187 Å². The van der Waals surface area contributed by atoms with E-state index in [1.807, 2.05) is 23.1 Å². The topological polar surface area (TPSA) is 56.6 Å². The Morgan fingerprint density at radius 1 is 1.19 bits per heavy atom. The Balaban J connectivity index is 1.67. The van der Waals surface area contributed by atoms with Gasteiger partial charge in [0, 0.05) is 23.7 Å². The molecule has 0 atom stereocenters. The summed E-state index contributed by atoms with van der Waals surface area (Å²) in [7, 11) is 0. The highest BCUT2D eigenvalue weighted by atomic mass is 35.5. The second kappa shape index (κ2) is 9.18. The minimum atomic E-state index is -0.0351. The van der Waals surface area contributed by atoms with Crippen molar-refractivity contribution in [3.05, 3.63) is 52.8 Å². The Morgan fingerprint density at radius 2 is 2.00 bits per heavy atom. The summed E-state index contributed by atoms with van der Waals surface area (Å²) < 4.78 is 13.0. The zero-order valence-corrected chi connectivity index (χ0v) is 19.0. The Morgan fingerprint density at radius 3 is 2.77 bits per heavy atom. The predicted molar refractivity (Wildman–Crippen MR) is 122 cm³/mol. The van der Waals surface area contributed by atoms with Crippen molar-refractivity contribution in [3.63, 3.8) is 0 Å². The maximum Gasteiger partial charge on any atom is 0.254 e.